The monoisotopic (exact) mass is 240 g/mol. The van der Waals surface area contributed by atoms with Gasteiger partial charge in [-0.3, -0.25) is 4.90 Å². The molecule has 3 heteroatoms. The summed E-state index contributed by atoms with van der Waals surface area (Å²) in [6.45, 7) is 11.1. The van der Waals surface area contributed by atoms with Crippen molar-refractivity contribution in [2.45, 2.75) is 6.92 Å². The Morgan fingerprint density at radius 3 is 2.44 bits per heavy atom. The average molecular weight is 241 g/mol. The van der Waals surface area contributed by atoms with Crippen LogP contribution in [0.15, 0.2) is 35.4 Å². The molecule has 0 atom stereocenters. The second-order valence-corrected chi connectivity index (χ2v) is 4.55. The first-order valence-electron chi connectivity index (χ1n) is 5.72. The Balaban J connectivity index is 2.56. The fourth-order valence-electron chi connectivity index (χ4n) is 1.78. The SMILES string of the molecule is C=C/C=C(CN1CCN(C)CC1)\C(Cl)=C/C. The lowest BCUT2D eigenvalue weighted by molar-refractivity contribution is 0.164. The highest BCUT2D eigenvalue weighted by molar-refractivity contribution is 6.32. The van der Waals surface area contributed by atoms with Crippen molar-refractivity contribution in [1.82, 2.24) is 9.80 Å². The highest BCUT2D eigenvalue weighted by Crippen LogP contribution is 2.16. The van der Waals surface area contributed by atoms with Crippen molar-refractivity contribution in [2.24, 2.45) is 0 Å². The molecule has 0 radical (unpaired) electrons. The predicted octanol–water partition coefficient (Wildman–Crippen LogP) is 2.49. The molecule has 0 saturated carbocycles. The predicted molar refractivity (Wildman–Crippen MR) is 71.8 cm³/mol. The van der Waals surface area contributed by atoms with E-state index in [0.717, 1.165) is 43.3 Å². The van der Waals surface area contributed by atoms with Gasteiger partial charge in [-0.2, -0.15) is 0 Å². The molecule has 90 valence electrons. The molecule has 2 nitrogen and oxygen atoms in total. The first kappa shape index (κ1) is 13.5. The number of nitrogens with zero attached hydrogens (tertiary/aromatic N) is 2. The van der Waals surface area contributed by atoms with Gasteiger partial charge >= 0.3 is 0 Å². The van der Waals surface area contributed by atoms with Gasteiger partial charge in [0.1, 0.15) is 0 Å². The van der Waals surface area contributed by atoms with Crippen molar-refractivity contribution in [3.63, 3.8) is 0 Å². The third-order valence-corrected chi connectivity index (χ3v) is 3.33. The van der Waals surface area contributed by atoms with E-state index in [1.165, 1.54) is 0 Å². The molecule has 0 aromatic carbocycles. The van der Waals surface area contributed by atoms with Crippen molar-refractivity contribution < 1.29 is 0 Å². The van der Waals surface area contributed by atoms with Gasteiger partial charge in [-0.15, -0.1) is 0 Å². The lowest BCUT2D eigenvalue weighted by Gasteiger charge is -2.32. The van der Waals surface area contributed by atoms with Crippen LogP contribution in [0.3, 0.4) is 0 Å². The minimum atomic E-state index is 0.832. The summed E-state index contributed by atoms with van der Waals surface area (Å²) in [6.07, 6.45) is 5.74. The highest BCUT2D eigenvalue weighted by atomic mass is 35.5. The van der Waals surface area contributed by atoms with E-state index in [1.807, 2.05) is 19.1 Å². The van der Waals surface area contributed by atoms with E-state index < -0.39 is 0 Å². The Hall–Kier alpha value is -0.570. The Labute approximate surface area is 104 Å². The van der Waals surface area contributed by atoms with Crippen molar-refractivity contribution in [3.8, 4) is 0 Å². The Morgan fingerprint density at radius 1 is 1.31 bits per heavy atom. The summed E-state index contributed by atoms with van der Waals surface area (Å²) in [5, 5.41) is 0.832. The quantitative estimate of drug-likeness (QED) is 0.697. The molecule has 0 spiro atoms. The molecule has 0 bridgehead atoms. The fraction of sp³-hybridized carbons (Fsp3) is 0.538. The highest BCUT2D eigenvalue weighted by Gasteiger charge is 2.15. The number of halogens is 1. The van der Waals surface area contributed by atoms with Crippen molar-refractivity contribution in [3.05, 3.63) is 35.4 Å². The van der Waals surface area contributed by atoms with Crippen LogP contribution >= 0.6 is 11.6 Å². The molecule has 0 aromatic rings. The van der Waals surface area contributed by atoms with Crippen LogP contribution in [-0.4, -0.2) is 49.6 Å². The molecular formula is C13H21ClN2. The second kappa shape index (κ2) is 6.89. The number of allylic oxidation sites excluding steroid dienone is 3. The van der Waals surface area contributed by atoms with Crippen molar-refractivity contribution in [1.29, 1.82) is 0 Å². The third-order valence-electron chi connectivity index (χ3n) is 2.87. The summed E-state index contributed by atoms with van der Waals surface area (Å²) in [4.78, 5) is 4.78. The van der Waals surface area contributed by atoms with Gasteiger partial charge in [0, 0.05) is 37.8 Å². The smallest absolute Gasteiger partial charge is 0.0408 e. The maximum atomic E-state index is 6.17. The maximum Gasteiger partial charge on any atom is 0.0408 e. The molecule has 16 heavy (non-hydrogen) atoms. The zero-order valence-corrected chi connectivity index (χ0v) is 11.0. The van der Waals surface area contributed by atoms with Gasteiger partial charge in [-0.25, -0.2) is 0 Å². The van der Waals surface area contributed by atoms with Crippen molar-refractivity contribution in [2.75, 3.05) is 39.8 Å². The van der Waals surface area contributed by atoms with Crippen LogP contribution < -0.4 is 0 Å². The molecule has 0 amide bonds. The lowest BCUT2D eigenvalue weighted by Crippen LogP contribution is -2.45. The van der Waals surface area contributed by atoms with Crippen molar-refractivity contribution >= 4 is 11.6 Å². The number of rotatable bonds is 4. The van der Waals surface area contributed by atoms with Gasteiger partial charge in [0.05, 0.1) is 0 Å². The summed E-state index contributed by atoms with van der Waals surface area (Å²) < 4.78 is 0. The average Bonchev–Trinajstić information content (AvgIpc) is 2.30. The number of likely N-dealkylation sites (N-methyl/N-ethyl adjacent to an activating group) is 1. The van der Waals surface area contributed by atoms with E-state index in [2.05, 4.69) is 23.4 Å². The molecule has 1 aliphatic rings. The number of hydrogen-bond acceptors (Lipinski definition) is 2. The molecule has 0 aliphatic carbocycles. The van der Waals surface area contributed by atoms with E-state index in [9.17, 15) is 0 Å². The number of hydrogen-bond donors (Lipinski definition) is 0. The lowest BCUT2D eigenvalue weighted by atomic mass is 10.2. The van der Waals surface area contributed by atoms with Gasteiger partial charge in [-0.1, -0.05) is 36.4 Å². The van der Waals surface area contributed by atoms with E-state index in [1.54, 1.807) is 6.08 Å². The Kier molecular flexibility index (Phi) is 5.81. The molecule has 1 fully saturated rings. The fourth-order valence-corrected chi connectivity index (χ4v) is 1.91. The summed E-state index contributed by atoms with van der Waals surface area (Å²) in [6, 6.07) is 0. The number of piperazine rings is 1. The van der Waals surface area contributed by atoms with Crippen LogP contribution in [0.1, 0.15) is 6.92 Å². The van der Waals surface area contributed by atoms with Crippen LogP contribution in [0, 0.1) is 0 Å². The Bertz CT molecular complexity index is 286. The van der Waals surface area contributed by atoms with Gasteiger partial charge in [-0.05, 0) is 19.5 Å². The van der Waals surface area contributed by atoms with Crippen LogP contribution in [0.25, 0.3) is 0 Å². The first-order chi connectivity index (χ1) is 7.67. The van der Waals surface area contributed by atoms with Crippen LogP contribution in [0.5, 0.6) is 0 Å². The maximum absolute atomic E-state index is 6.17. The summed E-state index contributed by atoms with van der Waals surface area (Å²) >= 11 is 6.17. The first-order valence-corrected chi connectivity index (χ1v) is 6.10. The standard InChI is InChI=1S/C13H21ClN2/c1-4-6-12(13(14)5-2)11-16-9-7-15(3)8-10-16/h4-6H,1,7-11H2,2-3H3/b12-6-,13-5+. The van der Waals surface area contributed by atoms with Crippen LogP contribution in [0.4, 0.5) is 0 Å². The summed E-state index contributed by atoms with van der Waals surface area (Å²) in [5.74, 6) is 0. The molecule has 1 aliphatic heterocycles. The Morgan fingerprint density at radius 2 is 1.94 bits per heavy atom. The summed E-state index contributed by atoms with van der Waals surface area (Å²) in [5.41, 5.74) is 1.16. The van der Waals surface area contributed by atoms with Gasteiger partial charge < -0.3 is 4.90 Å². The molecule has 0 N–H and O–H groups in total. The largest absolute Gasteiger partial charge is 0.304 e. The molecule has 1 rings (SSSR count). The van der Waals surface area contributed by atoms with Gasteiger partial charge in [0.2, 0.25) is 0 Å². The zero-order chi connectivity index (χ0) is 12.0. The molecule has 1 heterocycles. The second-order valence-electron chi connectivity index (χ2n) is 4.14. The van der Waals surface area contributed by atoms with E-state index in [-0.39, 0.29) is 0 Å². The van der Waals surface area contributed by atoms with Crippen LogP contribution in [-0.2, 0) is 0 Å². The molecular weight excluding hydrogens is 220 g/mol. The van der Waals surface area contributed by atoms with E-state index in [0.29, 0.717) is 0 Å². The summed E-state index contributed by atoms with van der Waals surface area (Å²) in [7, 11) is 2.16. The van der Waals surface area contributed by atoms with Gasteiger partial charge in [0.25, 0.3) is 0 Å². The minimum Gasteiger partial charge on any atom is -0.304 e. The topological polar surface area (TPSA) is 6.48 Å². The normalized spacial score (nSPS) is 21.2. The van der Waals surface area contributed by atoms with Crippen LogP contribution in [0.2, 0.25) is 0 Å². The van der Waals surface area contributed by atoms with E-state index >= 15 is 0 Å². The molecule has 0 unspecified atom stereocenters. The minimum absolute atomic E-state index is 0.832. The van der Waals surface area contributed by atoms with Gasteiger partial charge in [0.15, 0.2) is 0 Å². The molecule has 0 aromatic heterocycles. The van der Waals surface area contributed by atoms with E-state index in [4.69, 9.17) is 11.6 Å². The zero-order valence-electron chi connectivity index (χ0n) is 10.2. The molecule has 1 saturated heterocycles. The third kappa shape index (κ3) is 4.12.